The summed E-state index contributed by atoms with van der Waals surface area (Å²) in [5.41, 5.74) is 2.77. The molecular formula is C30H38O5. The molecule has 1 unspecified atom stereocenters. The average Bonchev–Trinajstić information content (AvgIpc) is 2.89. The van der Waals surface area contributed by atoms with Crippen LogP contribution in [0.15, 0.2) is 84.9 Å². The summed E-state index contributed by atoms with van der Waals surface area (Å²) in [4.78, 5) is 23.4. The molecule has 0 amide bonds. The van der Waals surface area contributed by atoms with E-state index in [9.17, 15) is 14.7 Å². The Balaban J connectivity index is 0.000000297. The zero-order valence-corrected chi connectivity index (χ0v) is 21.4. The first-order valence-corrected chi connectivity index (χ1v) is 11.9. The third-order valence-corrected chi connectivity index (χ3v) is 4.74. The fourth-order valence-corrected chi connectivity index (χ4v) is 2.87. The smallest absolute Gasteiger partial charge is 0.338 e. The maximum absolute atomic E-state index is 11.9. The Morgan fingerprint density at radius 3 is 1.80 bits per heavy atom. The number of benzene rings is 3. The second kappa shape index (κ2) is 17.2. The van der Waals surface area contributed by atoms with Crippen molar-refractivity contribution >= 4 is 11.8 Å². The summed E-state index contributed by atoms with van der Waals surface area (Å²) in [7, 11) is 0. The van der Waals surface area contributed by atoms with Gasteiger partial charge in [0, 0.05) is 18.8 Å². The monoisotopic (exact) mass is 478 g/mol. The van der Waals surface area contributed by atoms with Crippen molar-refractivity contribution in [3.63, 3.8) is 0 Å². The highest BCUT2D eigenvalue weighted by atomic mass is 16.5. The molecule has 3 rings (SSSR count). The molecule has 0 aliphatic heterocycles. The Kier molecular flexibility index (Phi) is 14.6. The standard InChI is InChI=1S/C14H12O2.C12H16O2.C4H10O/c15-13(11-7-3-1-4-8-11)14(16)12-9-5-2-6-10-12;1-9(2)8-14-12(13)11-7-5-4-6-10(11)3;1-3-5-4-2/h1-10,13,15H;4-7,9H,8H2,1-3H3;3-4H2,1-2H3. The third-order valence-electron chi connectivity index (χ3n) is 4.74. The van der Waals surface area contributed by atoms with Crippen molar-refractivity contribution in [2.45, 2.75) is 40.7 Å². The van der Waals surface area contributed by atoms with Crippen LogP contribution in [0, 0.1) is 12.8 Å². The van der Waals surface area contributed by atoms with Gasteiger partial charge >= 0.3 is 5.97 Å². The molecule has 5 heteroatoms. The van der Waals surface area contributed by atoms with E-state index in [1.54, 1.807) is 54.6 Å². The average molecular weight is 479 g/mol. The molecule has 0 fully saturated rings. The van der Waals surface area contributed by atoms with Gasteiger partial charge in [0.15, 0.2) is 5.78 Å². The van der Waals surface area contributed by atoms with Crippen LogP contribution in [0.2, 0.25) is 0 Å². The lowest BCUT2D eigenvalue weighted by Gasteiger charge is -2.09. The first-order valence-electron chi connectivity index (χ1n) is 11.9. The van der Waals surface area contributed by atoms with E-state index in [-0.39, 0.29) is 11.8 Å². The third kappa shape index (κ3) is 11.6. The Labute approximate surface area is 209 Å². The van der Waals surface area contributed by atoms with Gasteiger partial charge in [-0.2, -0.15) is 0 Å². The van der Waals surface area contributed by atoms with Crippen LogP contribution in [-0.2, 0) is 9.47 Å². The summed E-state index contributed by atoms with van der Waals surface area (Å²) < 4.78 is 9.96. The first kappa shape index (κ1) is 29.8. The molecule has 1 atom stereocenters. The Morgan fingerprint density at radius 1 is 0.800 bits per heavy atom. The van der Waals surface area contributed by atoms with Crippen molar-refractivity contribution in [3.05, 3.63) is 107 Å². The lowest BCUT2D eigenvalue weighted by molar-refractivity contribution is 0.0458. The van der Waals surface area contributed by atoms with E-state index in [0.29, 0.717) is 29.2 Å². The minimum atomic E-state index is -1.08. The number of esters is 1. The molecule has 1 N–H and O–H groups in total. The fourth-order valence-electron chi connectivity index (χ4n) is 2.87. The molecule has 0 heterocycles. The van der Waals surface area contributed by atoms with Crippen molar-refractivity contribution in [2.75, 3.05) is 19.8 Å². The SMILES string of the molecule is CCOCC.Cc1ccccc1C(=O)OCC(C)C.O=C(c1ccccc1)C(O)c1ccccc1. The van der Waals surface area contributed by atoms with E-state index < -0.39 is 6.10 Å². The number of carbonyl (C=O) groups excluding carboxylic acids is 2. The molecule has 0 saturated carbocycles. The predicted molar refractivity (Wildman–Crippen MR) is 141 cm³/mol. The van der Waals surface area contributed by atoms with Gasteiger partial charge in [-0.05, 0) is 43.9 Å². The van der Waals surface area contributed by atoms with Crippen molar-refractivity contribution in [2.24, 2.45) is 5.92 Å². The molecule has 5 nitrogen and oxygen atoms in total. The van der Waals surface area contributed by atoms with Gasteiger partial charge in [0.25, 0.3) is 0 Å². The van der Waals surface area contributed by atoms with Crippen LogP contribution in [0.25, 0.3) is 0 Å². The van der Waals surface area contributed by atoms with E-state index in [1.165, 1.54) is 0 Å². The lowest BCUT2D eigenvalue weighted by atomic mass is 10.0. The second-order valence-corrected chi connectivity index (χ2v) is 8.13. The molecule has 188 valence electrons. The molecule has 0 spiro atoms. The number of Topliss-reactive ketones (excluding diaryl/α,β-unsaturated/α-hetero) is 1. The number of rotatable bonds is 8. The van der Waals surface area contributed by atoms with Gasteiger partial charge in [-0.3, -0.25) is 4.79 Å². The summed E-state index contributed by atoms with van der Waals surface area (Å²) in [6, 6.07) is 25.2. The van der Waals surface area contributed by atoms with Gasteiger partial charge in [0.1, 0.15) is 6.10 Å². The van der Waals surface area contributed by atoms with Crippen molar-refractivity contribution in [3.8, 4) is 0 Å². The van der Waals surface area contributed by atoms with Crippen LogP contribution in [-0.4, -0.2) is 36.7 Å². The molecule has 0 aromatic heterocycles. The zero-order valence-electron chi connectivity index (χ0n) is 21.4. The molecular weight excluding hydrogens is 440 g/mol. The van der Waals surface area contributed by atoms with Crippen LogP contribution in [0.4, 0.5) is 0 Å². The van der Waals surface area contributed by atoms with Crippen LogP contribution in [0.3, 0.4) is 0 Å². The van der Waals surface area contributed by atoms with Gasteiger partial charge in [0.05, 0.1) is 12.2 Å². The van der Waals surface area contributed by atoms with Gasteiger partial charge in [0.2, 0.25) is 0 Å². The van der Waals surface area contributed by atoms with Crippen molar-refractivity contribution < 1.29 is 24.2 Å². The minimum Gasteiger partial charge on any atom is -0.462 e. The molecule has 0 bridgehead atoms. The lowest BCUT2D eigenvalue weighted by Crippen LogP contribution is -2.11. The zero-order chi connectivity index (χ0) is 26.1. The number of ketones is 1. The number of aryl methyl sites for hydroxylation is 1. The molecule has 3 aromatic carbocycles. The maximum atomic E-state index is 11.9. The fraction of sp³-hybridized carbons (Fsp3) is 0.333. The number of carbonyl (C=O) groups is 2. The van der Waals surface area contributed by atoms with Crippen LogP contribution < -0.4 is 0 Å². The molecule has 35 heavy (non-hydrogen) atoms. The number of aliphatic hydroxyl groups is 1. The summed E-state index contributed by atoms with van der Waals surface area (Å²) in [6.07, 6.45) is -1.08. The van der Waals surface area contributed by atoms with Crippen molar-refractivity contribution in [1.82, 2.24) is 0 Å². The van der Waals surface area contributed by atoms with E-state index in [4.69, 9.17) is 9.47 Å². The second-order valence-electron chi connectivity index (χ2n) is 8.13. The number of aliphatic hydroxyl groups excluding tert-OH is 1. The molecule has 0 aliphatic rings. The number of hydrogen-bond donors (Lipinski definition) is 1. The Bertz CT molecular complexity index is 982. The summed E-state index contributed by atoms with van der Waals surface area (Å²) >= 11 is 0. The number of ether oxygens (including phenoxy) is 2. The molecule has 0 saturated heterocycles. The van der Waals surface area contributed by atoms with Gasteiger partial charge in [-0.1, -0.05) is 92.7 Å². The van der Waals surface area contributed by atoms with Gasteiger partial charge in [-0.25, -0.2) is 4.79 Å². The van der Waals surface area contributed by atoms with Gasteiger partial charge < -0.3 is 14.6 Å². The van der Waals surface area contributed by atoms with E-state index >= 15 is 0 Å². The van der Waals surface area contributed by atoms with Crippen LogP contribution in [0.5, 0.6) is 0 Å². The molecule has 3 aromatic rings. The quantitative estimate of drug-likeness (QED) is 0.297. The largest absolute Gasteiger partial charge is 0.462 e. The Hall–Kier alpha value is -3.28. The summed E-state index contributed by atoms with van der Waals surface area (Å²) in [6.45, 7) is 12.1. The van der Waals surface area contributed by atoms with E-state index in [2.05, 4.69) is 0 Å². The highest BCUT2D eigenvalue weighted by Crippen LogP contribution is 2.17. The Morgan fingerprint density at radius 2 is 1.31 bits per heavy atom. The first-order chi connectivity index (χ1) is 16.8. The topological polar surface area (TPSA) is 72.8 Å². The predicted octanol–water partition coefficient (Wildman–Crippen LogP) is 6.45. The van der Waals surface area contributed by atoms with Crippen molar-refractivity contribution in [1.29, 1.82) is 0 Å². The highest BCUT2D eigenvalue weighted by Gasteiger charge is 2.18. The van der Waals surface area contributed by atoms with E-state index in [0.717, 1.165) is 18.8 Å². The van der Waals surface area contributed by atoms with Crippen LogP contribution in [0.1, 0.15) is 65.6 Å². The minimum absolute atomic E-state index is 0.225. The number of hydrogen-bond acceptors (Lipinski definition) is 5. The normalized spacial score (nSPS) is 10.8. The maximum Gasteiger partial charge on any atom is 0.338 e. The van der Waals surface area contributed by atoms with Crippen LogP contribution >= 0.6 is 0 Å². The summed E-state index contributed by atoms with van der Waals surface area (Å²) in [5.74, 6) is -0.119. The highest BCUT2D eigenvalue weighted by molar-refractivity contribution is 5.99. The molecule has 0 aliphatic carbocycles. The molecule has 0 radical (unpaired) electrons. The van der Waals surface area contributed by atoms with E-state index in [1.807, 2.05) is 65.0 Å². The summed E-state index contributed by atoms with van der Waals surface area (Å²) in [5, 5.41) is 9.89. The van der Waals surface area contributed by atoms with Gasteiger partial charge in [-0.15, -0.1) is 0 Å².